The van der Waals surface area contributed by atoms with Crippen molar-refractivity contribution in [3.05, 3.63) is 41.6 Å². The number of aromatic amines is 1. The summed E-state index contributed by atoms with van der Waals surface area (Å²) >= 11 is 1.62. The number of nitrogens with two attached hydrogens (primary N) is 1. The van der Waals surface area contributed by atoms with Crippen molar-refractivity contribution in [3.8, 4) is 0 Å². The standard InChI is InChI=1S/C13H14N4OS/c14-12-9(7-16-17-12)6-15-13(18)11-5-8-3-1-2-4-10(8)19-11/h1-4,7,11H,5-6H2,(H,15,18)(H3,14,16,17). The Bertz CT molecular complexity index is 585. The highest BCUT2D eigenvalue weighted by molar-refractivity contribution is 8.01. The number of rotatable bonds is 3. The number of carbonyl (C=O) groups is 1. The smallest absolute Gasteiger partial charge is 0.234 e. The van der Waals surface area contributed by atoms with Gasteiger partial charge in [0.15, 0.2) is 0 Å². The Balaban J connectivity index is 1.60. The molecule has 1 atom stereocenters. The number of thioether (sulfide) groups is 1. The van der Waals surface area contributed by atoms with Crippen LogP contribution in [-0.4, -0.2) is 21.4 Å². The van der Waals surface area contributed by atoms with Gasteiger partial charge in [-0.2, -0.15) is 5.10 Å². The lowest BCUT2D eigenvalue weighted by atomic mass is 10.1. The molecule has 5 nitrogen and oxygen atoms in total. The van der Waals surface area contributed by atoms with Gasteiger partial charge in [0.05, 0.1) is 11.4 Å². The molecule has 0 aliphatic carbocycles. The number of aromatic nitrogens is 2. The van der Waals surface area contributed by atoms with Crippen molar-refractivity contribution in [3.63, 3.8) is 0 Å². The van der Waals surface area contributed by atoms with E-state index in [1.165, 1.54) is 10.5 Å². The van der Waals surface area contributed by atoms with E-state index in [1.807, 2.05) is 12.1 Å². The van der Waals surface area contributed by atoms with E-state index in [-0.39, 0.29) is 11.2 Å². The molecule has 0 radical (unpaired) electrons. The largest absolute Gasteiger partial charge is 0.384 e. The number of hydrogen-bond donors (Lipinski definition) is 3. The minimum absolute atomic E-state index is 0.0433. The first-order chi connectivity index (χ1) is 9.24. The average Bonchev–Trinajstić information content (AvgIpc) is 3.01. The Hall–Kier alpha value is -1.95. The molecule has 0 spiro atoms. The molecule has 0 saturated heterocycles. The molecule has 98 valence electrons. The lowest BCUT2D eigenvalue weighted by Gasteiger charge is -2.09. The van der Waals surface area contributed by atoms with E-state index in [9.17, 15) is 4.79 Å². The fraction of sp³-hybridized carbons (Fsp3) is 0.231. The van der Waals surface area contributed by atoms with Crippen molar-refractivity contribution >= 4 is 23.5 Å². The molecule has 1 aromatic carbocycles. The summed E-state index contributed by atoms with van der Waals surface area (Å²) in [7, 11) is 0. The summed E-state index contributed by atoms with van der Waals surface area (Å²) < 4.78 is 0. The minimum Gasteiger partial charge on any atom is -0.384 e. The minimum atomic E-state index is -0.0504. The Morgan fingerprint density at radius 1 is 1.53 bits per heavy atom. The van der Waals surface area contributed by atoms with Crippen molar-refractivity contribution < 1.29 is 4.79 Å². The number of amides is 1. The third-order valence-corrected chi connectivity index (χ3v) is 4.46. The highest BCUT2D eigenvalue weighted by atomic mass is 32.2. The molecule has 0 fully saturated rings. The molecule has 1 aliphatic rings. The van der Waals surface area contributed by atoms with Crippen LogP contribution in [-0.2, 0) is 17.8 Å². The number of nitrogens with one attached hydrogen (secondary N) is 2. The van der Waals surface area contributed by atoms with Gasteiger partial charge in [-0.15, -0.1) is 11.8 Å². The predicted molar refractivity (Wildman–Crippen MR) is 74.6 cm³/mol. The number of hydrogen-bond acceptors (Lipinski definition) is 4. The molecule has 19 heavy (non-hydrogen) atoms. The highest BCUT2D eigenvalue weighted by Gasteiger charge is 2.27. The first-order valence-electron chi connectivity index (χ1n) is 6.04. The van der Waals surface area contributed by atoms with Gasteiger partial charge in [0, 0.05) is 17.0 Å². The molecule has 2 heterocycles. The van der Waals surface area contributed by atoms with Crippen LogP contribution in [0.1, 0.15) is 11.1 Å². The number of benzene rings is 1. The first kappa shape index (κ1) is 12.1. The molecule has 2 aromatic rings. The molecule has 1 aromatic heterocycles. The number of nitrogen functional groups attached to an aromatic ring is 1. The van der Waals surface area contributed by atoms with Gasteiger partial charge in [-0.1, -0.05) is 18.2 Å². The predicted octanol–water partition coefficient (Wildman–Crippen LogP) is 1.33. The van der Waals surface area contributed by atoms with Crippen molar-refractivity contribution in [2.45, 2.75) is 23.1 Å². The van der Waals surface area contributed by atoms with Crippen molar-refractivity contribution in [2.24, 2.45) is 0 Å². The molecule has 1 amide bonds. The van der Waals surface area contributed by atoms with Crippen molar-refractivity contribution in [1.29, 1.82) is 0 Å². The van der Waals surface area contributed by atoms with Gasteiger partial charge in [-0.25, -0.2) is 0 Å². The summed E-state index contributed by atoms with van der Waals surface area (Å²) in [6.45, 7) is 0.411. The summed E-state index contributed by atoms with van der Waals surface area (Å²) in [5.74, 6) is 0.546. The number of H-pyrrole nitrogens is 1. The van der Waals surface area contributed by atoms with E-state index in [2.05, 4.69) is 27.6 Å². The Labute approximate surface area is 115 Å². The quantitative estimate of drug-likeness (QED) is 0.788. The van der Waals surface area contributed by atoms with Crippen LogP contribution >= 0.6 is 11.8 Å². The van der Waals surface area contributed by atoms with Crippen LogP contribution in [0.5, 0.6) is 0 Å². The second kappa shape index (κ2) is 4.97. The summed E-state index contributed by atoms with van der Waals surface area (Å²) in [6, 6.07) is 8.13. The van der Waals surface area contributed by atoms with Crippen LogP contribution in [0.4, 0.5) is 5.82 Å². The van der Waals surface area contributed by atoms with Crippen LogP contribution in [0, 0.1) is 0 Å². The number of anilines is 1. The topological polar surface area (TPSA) is 83.8 Å². The summed E-state index contributed by atoms with van der Waals surface area (Å²) in [5, 5.41) is 9.32. The zero-order valence-electron chi connectivity index (χ0n) is 10.2. The van der Waals surface area contributed by atoms with Crippen LogP contribution < -0.4 is 11.1 Å². The second-order valence-electron chi connectivity index (χ2n) is 4.45. The molecule has 6 heteroatoms. The van der Waals surface area contributed by atoms with Gasteiger partial charge in [0.2, 0.25) is 5.91 Å². The van der Waals surface area contributed by atoms with Crippen molar-refractivity contribution in [2.75, 3.05) is 5.73 Å². The van der Waals surface area contributed by atoms with Gasteiger partial charge in [0.25, 0.3) is 0 Å². The van der Waals surface area contributed by atoms with Crippen LogP contribution in [0.3, 0.4) is 0 Å². The number of nitrogens with zero attached hydrogens (tertiary/aromatic N) is 1. The number of carbonyl (C=O) groups excluding carboxylic acids is 1. The zero-order valence-corrected chi connectivity index (χ0v) is 11.0. The fourth-order valence-corrected chi connectivity index (χ4v) is 3.31. The first-order valence-corrected chi connectivity index (χ1v) is 6.92. The SMILES string of the molecule is Nc1[nH]ncc1CNC(=O)C1Cc2ccccc2S1. The lowest BCUT2D eigenvalue weighted by Crippen LogP contribution is -2.32. The number of fused-ring (bicyclic) bond motifs is 1. The monoisotopic (exact) mass is 274 g/mol. The average molecular weight is 274 g/mol. The molecular weight excluding hydrogens is 260 g/mol. The van der Waals surface area contributed by atoms with Gasteiger partial charge >= 0.3 is 0 Å². The summed E-state index contributed by atoms with van der Waals surface area (Å²) in [6.07, 6.45) is 2.42. The Morgan fingerprint density at radius 3 is 3.11 bits per heavy atom. The van der Waals surface area contributed by atoms with Gasteiger partial charge in [-0.05, 0) is 18.1 Å². The highest BCUT2D eigenvalue weighted by Crippen LogP contribution is 2.36. The molecular formula is C13H14N4OS. The van der Waals surface area contributed by atoms with Crippen molar-refractivity contribution in [1.82, 2.24) is 15.5 Å². The zero-order chi connectivity index (χ0) is 13.2. The van der Waals surface area contributed by atoms with E-state index in [4.69, 9.17) is 5.73 Å². The summed E-state index contributed by atoms with van der Waals surface area (Å²) in [5.41, 5.74) is 7.73. The Kier molecular flexibility index (Phi) is 3.16. The van der Waals surface area contributed by atoms with E-state index >= 15 is 0 Å². The van der Waals surface area contributed by atoms with Gasteiger partial charge in [0.1, 0.15) is 5.82 Å². The normalized spacial score (nSPS) is 17.2. The molecule has 0 bridgehead atoms. The third-order valence-electron chi connectivity index (χ3n) is 3.14. The molecule has 1 unspecified atom stereocenters. The van der Waals surface area contributed by atoms with Gasteiger partial charge < -0.3 is 11.1 Å². The Morgan fingerprint density at radius 2 is 2.37 bits per heavy atom. The van der Waals surface area contributed by atoms with Crippen LogP contribution in [0.15, 0.2) is 35.4 Å². The van der Waals surface area contributed by atoms with Crippen LogP contribution in [0.2, 0.25) is 0 Å². The fourth-order valence-electron chi connectivity index (χ4n) is 2.09. The van der Waals surface area contributed by atoms with Crippen LogP contribution in [0.25, 0.3) is 0 Å². The molecule has 3 rings (SSSR count). The van der Waals surface area contributed by atoms with E-state index in [0.717, 1.165) is 12.0 Å². The second-order valence-corrected chi connectivity index (χ2v) is 5.69. The van der Waals surface area contributed by atoms with E-state index in [1.54, 1.807) is 18.0 Å². The van der Waals surface area contributed by atoms with E-state index in [0.29, 0.717) is 12.4 Å². The molecule has 0 saturated carbocycles. The molecule has 4 N–H and O–H groups in total. The summed E-state index contributed by atoms with van der Waals surface area (Å²) in [4.78, 5) is 13.3. The third kappa shape index (κ3) is 2.44. The molecule has 1 aliphatic heterocycles. The van der Waals surface area contributed by atoms with Gasteiger partial charge in [-0.3, -0.25) is 9.89 Å². The maximum atomic E-state index is 12.1. The van der Waals surface area contributed by atoms with E-state index < -0.39 is 0 Å². The maximum Gasteiger partial charge on any atom is 0.234 e. The maximum absolute atomic E-state index is 12.1. The lowest BCUT2D eigenvalue weighted by molar-refractivity contribution is -0.120.